The van der Waals surface area contributed by atoms with E-state index in [-0.39, 0.29) is 0 Å². The summed E-state index contributed by atoms with van der Waals surface area (Å²) in [6, 6.07) is 8.94. The Labute approximate surface area is 151 Å². The zero-order valence-electron chi connectivity index (χ0n) is 16.3. The predicted octanol–water partition coefficient (Wildman–Crippen LogP) is 2.85. The number of H-pyrrole nitrogens is 1. The second-order valence-corrected chi connectivity index (χ2v) is 7.24. The van der Waals surface area contributed by atoms with Crippen molar-refractivity contribution in [1.29, 1.82) is 0 Å². The first-order valence-electron chi connectivity index (χ1n) is 9.17. The molecule has 0 bridgehead atoms. The van der Waals surface area contributed by atoms with Gasteiger partial charge in [0, 0.05) is 43.3 Å². The Hall–Kier alpha value is -2.01. The zero-order valence-corrected chi connectivity index (χ0v) is 16.3. The molecule has 25 heavy (non-hydrogen) atoms. The molecular weight excluding hydrogens is 310 g/mol. The Morgan fingerprint density at radius 1 is 1.20 bits per heavy atom. The quantitative estimate of drug-likeness (QED) is 0.510. The van der Waals surface area contributed by atoms with Gasteiger partial charge in [-0.05, 0) is 44.5 Å². The lowest BCUT2D eigenvalue weighted by Gasteiger charge is -2.27. The second kappa shape index (κ2) is 9.47. The van der Waals surface area contributed by atoms with Crippen molar-refractivity contribution in [2.45, 2.75) is 32.7 Å². The number of para-hydroxylation sites is 1. The molecule has 0 aliphatic carbocycles. The average Bonchev–Trinajstić information content (AvgIpc) is 2.99. The Kier molecular flexibility index (Phi) is 7.31. The van der Waals surface area contributed by atoms with Crippen LogP contribution in [0, 0.1) is 5.92 Å². The van der Waals surface area contributed by atoms with Gasteiger partial charge in [0.1, 0.15) is 0 Å². The number of nitrogens with zero attached hydrogens (tertiary/aromatic N) is 2. The molecule has 5 nitrogen and oxygen atoms in total. The van der Waals surface area contributed by atoms with Crippen molar-refractivity contribution in [3.05, 3.63) is 36.0 Å². The van der Waals surface area contributed by atoms with Crippen LogP contribution in [0.3, 0.4) is 0 Å². The van der Waals surface area contributed by atoms with Gasteiger partial charge in [-0.25, -0.2) is 0 Å². The smallest absolute Gasteiger partial charge is 0.191 e. The van der Waals surface area contributed by atoms with Crippen LogP contribution < -0.4 is 10.6 Å². The molecule has 1 heterocycles. The maximum Gasteiger partial charge on any atom is 0.191 e. The normalized spacial score (nSPS) is 13.6. The van der Waals surface area contributed by atoms with Crippen molar-refractivity contribution in [2.75, 3.05) is 34.2 Å². The molecule has 0 saturated carbocycles. The fourth-order valence-corrected chi connectivity index (χ4v) is 3.11. The van der Waals surface area contributed by atoms with Gasteiger partial charge >= 0.3 is 0 Å². The van der Waals surface area contributed by atoms with E-state index in [0.29, 0.717) is 12.0 Å². The van der Waals surface area contributed by atoms with Gasteiger partial charge in [-0.15, -0.1) is 0 Å². The van der Waals surface area contributed by atoms with E-state index in [1.165, 1.54) is 22.9 Å². The fraction of sp³-hybridized carbons (Fsp3) is 0.550. The maximum absolute atomic E-state index is 4.35. The molecule has 1 unspecified atom stereocenters. The topological polar surface area (TPSA) is 55.5 Å². The number of aromatic amines is 1. The SMILES string of the molecule is CN=C(NCCc1c[nH]c2ccccc12)NCC(CC(C)C)N(C)C. The van der Waals surface area contributed by atoms with Crippen LogP contribution in [-0.2, 0) is 6.42 Å². The largest absolute Gasteiger partial charge is 0.361 e. The first-order chi connectivity index (χ1) is 12.0. The van der Waals surface area contributed by atoms with Crippen molar-refractivity contribution in [3.8, 4) is 0 Å². The van der Waals surface area contributed by atoms with Crippen LogP contribution in [0.4, 0.5) is 0 Å². The summed E-state index contributed by atoms with van der Waals surface area (Å²) in [6.07, 6.45) is 4.24. The molecule has 0 aliphatic rings. The van der Waals surface area contributed by atoms with Gasteiger partial charge in [-0.2, -0.15) is 0 Å². The number of likely N-dealkylation sites (N-methyl/N-ethyl adjacent to an activating group) is 1. The molecule has 0 fully saturated rings. The van der Waals surface area contributed by atoms with Crippen molar-refractivity contribution < 1.29 is 0 Å². The van der Waals surface area contributed by atoms with Crippen molar-refractivity contribution in [1.82, 2.24) is 20.5 Å². The van der Waals surface area contributed by atoms with E-state index >= 15 is 0 Å². The third kappa shape index (κ3) is 5.78. The number of aromatic nitrogens is 1. The number of aliphatic imine (C=N–C) groups is 1. The molecule has 1 aromatic carbocycles. The molecular formula is C20H33N5. The molecule has 1 aromatic heterocycles. The third-order valence-electron chi connectivity index (χ3n) is 4.56. The van der Waals surface area contributed by atoms with Crippen molar-refractivity contribution in [2.24, 2.45) is 10.9 Å². The van der Waals surface area contributed by atoms with E-state index in [2.05, 4.69) is 83.9 Å². The van der Waals surface area contributed by atoms with Crippen LogP contribution >= 0.6 is 0 Å². The van der Waals surface area contributed by atoms with Crippen LogP contribution in [0.5, 0.6) is 0 Å². The minimum absolute atomic E-state index is 0.507. The number of fused-ring (bicyclic) bond motifs is 1. The third-order valence-corrected chi connectivity index (χ3v) is 4.56. The number of benzene rings is 1. The Morgan fingerprint density at radius 3 is 2.64 bits per heavy atom. The van der Waals surface area contributed by atoms with Crippen molar-refractivity contribution >= 4 is 16.9 Å². The molecule has 0 saturated heterocycles. The second-order valence-electron chi connectivity index (χ2n) is 7.24. The highest BCUT2D eigenvalue weighted by atomic mass is 15.2. The van der Waals surface area contributed by atoms with Crippen LogP contribution in [0.15, 0.2) is 35.5 Å². The molecule has 0 spiro atoms. The molecule has 2 rings (SSSR count). The number of guanidine groups is 1. The highest BCUT2D eigenvalue weighted by Crippen LogP contribution is 2.17. The number of nitrogens with one attached hydrogen (secondary N) is 3. The van der Waals surface area contributed by atoms with E-state index in [0.717, 1.165) is 25.5 Å². The van der Waals surface area contributed by atoms with E-state index in [1.54, 1.807) is 0 Å². The summed E-state index contributed by atoms with van der Waals surface area (Å²) in [5, 5.41) is 8.19. The highest BCUT2D eigenvalue weighted by Gasteiger charge is 2.13. The lowest BCUT2D eigenvalue weighted by molar-refractivity contribution is 0.254. The van der Waals surface area contributed by atoms with Crippen molar-refractivity contribution in [3.63, 3.8) is 0 Å². The minimum atomic E-state index is 0.507. The van der Waals surface area contributed by atoms with Gasteiger partial charge in [-0.1, -0.05) is 32.0 Å². The Balaban J connectivity index is 1.82. The molecule has 0 aliphatic heterocycles. The molecule has 0 radical (unpaired) electrons. The number of hydrogen-bond acceptors (Lipinski definition) is 2. The maximum atomic E-state index is 4.35. The van der Waals surface area contributed by atoms with Crippen LogP contribution in [0.1, 0.15) is 25.8 Å². The van der Waals surface area contributed by atoms with Gasteiger partial charge in [0.15, 0.2) is 5.96 Å². The van der Waals surface area contributed by atoms with E-state index in [4.69, 9.17) is 0 Å². The monoisotopic (exact) mass is 343 g/mol. The molecule has 1 atom stereocenters. The van der Waals surface area contributed by atoms with Gasteiger partial charge < -0.3 is 20.5 Å². The lowest BCUT2D eigenvalue weighted by Crippen LogP contribution is -2.45. The van der Waals surface area contributed by atoms with E-state index < -0.39 is 0 Å². The van der Waals surface area contributed by atoms with E-state index in [1.807, 2.05) is 7.05 Å². The summed E-state index contributed by atoms with van der Waals surface area (Å²) in [6.45, 7) is 6.30. The molecule has 0 amide bonds. The van der Waals surface area contributed by atoms with Crippen LogP contribution in [0.2, 0.25) is 0 Å². The summed E-state index contributed by atoms with van der Waals surface area (Å²) < 4.78 is 0. The van der Waals surface area contributed by atoms with Gasteiger partial charge in [-0.3, -0.25) is 4.99 Å². The van der Waals surface area contributed by atoms with Crippen LogP contribution in [-0.4, -0.2) is 56.1 Å². The van der Waals surface area contributed by atoms with Crippen LogP contribution in [0.25, 0.3) is 10.9 Å². The van der Waals surface area contributed by atoms with E-state index in [9.17, 15) is 0 Å². The molecule has 3 N–H and O–H groups in total. The molecule has 5 heteroatoms. The summed E-state index contributed by atoms with van der Waals surface area (Å²) in [4.78, 5) is 9.96. The number of rotatable bonds is 8. The molecule has 2 aromatic rings. The van der Waals surface area contributed by atoms with Gasteiger partial charge in [0.25, 0.3) is 0 Å². The minimum Gasteiger partial charge on any atom is -0.361 e. The zero-order chi connectivity index (χ0) is 18.2. The number of hydrogen-bond donors (Lipinski definition) is 3. The summed E-state index contributed by atoms with van der Waals surface area (Å²) in [5.41, 5.74) is 2.53. The van der Waals surface area contributed by atoms with Gasteiger partial charge in [0.05, 0.1) is 0 Å². The predicted molar refractivity (Wildman–Crippen MR) is 108 cm³/mol. The Bertz CT molecular complexity index is 672. The highest BCUT2D eigenvalue weighted by molar-refractivity contribution is 5.83. The average molecular weight is 344 g/mol. The standard InChI is InChI=1S/C20H33N5/c1-15(2)12-17(25(4)5)14-24-20(21-3)22-11-10-16-13-23-19-9-7-6-8-18(16)19/h6-9,13,15,17,23H,10-12,14H2,1-5H3,(H2,21,22,24). The lowest BCUT2D eigenvalue weighted by atomic mass is 10.0. The Morgan fingerprint density at radius 2 is 1.96 bits per heavy atom. The fourth-order valence-electron chi connectivity index (χ4n) is 3.11. The van der Waals surface area contributed by atoms with Gasteiger partial charge in [0.2, 0.25) is 0 Å². The molecule has 138 valence electrons. The first kappa shape index (κ1) is 19.3. The summed E-state index contributed by atoms with van der Waals surface area (Å²) in [5.74, 6) is 1.56. The summed E-state index contributed by atoms with van der Waals surface area (Å²) in [7, 11) is 6.11. The summed E-state index contributed by atoms with van der Waals surface area (Å²) >= 11 is 0. The first-order valence-corrected chi connectivity index (χ1v) is 9.17.